The second kappa shape index (κ2) is 4.40. The van der Waals surface area contributed by atoms with E-state index in [1.54, 1.807) is 0 Å². The summed E-state index contributed by atoms with van der Waals surface area (Å²) in [6, 6.07) is 0.300. The van der Waals surface area contributed by atoms with Gasteiger partial charge in [-0.15, -0.1) is 0 Å². The molecule has 0 aliphatic carbocycles. The van der Waals surface area contributed by atoms with Gasteiger partial charge in [0.25, 0.3) is 0 Å². The standard InChI is InChI=1S/C5H11N3S2/c1-3(2)7-5(10)8-4(6)9/h3H,1-2H3,(H4,6,7,8,9,10). The molecule has 0 heterocycles. The molecular formula is C5H11N3S2. The molecule has 0 saturated heterocycles. The van der Waals surface area contributed by atoms with Crippen molar-refractivity contribution in [2.24, 2.45) is 5.73 Å². The van der Waals surface area contributed by atoms with Crippen LogP contribution in [0.25, 0.3) is 0 Å². The molecule has 0 fully saturated rings. The zero-order chi connectivity index (χ0) is 8.15. The zero-order valence-corrected chi connectivity index (χ0v) is 7.60. The van der Waals surface area contributed by atoms with Crippen LogP contribution < -0.4 is 16.4 Å². The van der Waals surface area contributed by atoms with E-state index in [9.17, 15) is 0 Å². The maximum atomic E-state index is 5.16. The number of hydrogen-bond donors (Lipinski definition) is 3. The molecule has 58 valence electrons. The van der Waals surface area contributed by atoms with Gasteiger partial charge in [0.2, 0.25) is 0 Å². The normalized spacial score (nSPS) is 9.10. The molecule has 0 aliphatic heterocycles. The fourth-order valence-corrected chi connectivity index (χ4v) is 0.922. The molecule has 0 rings (SSSR count). The number of rotatable bonds is 1. The highest BCUT2D eigenvalue weighted by Gasteiger charge is 1.96. The lowest BCUT2D eigenvalue weighted by Gasteiger charge is -2.10. The van der Waals surface area contributed by atoms with Crippen molar-refractivity contribution in [2.45, 2.75) is 19.9 Å². The van der Waals surface area contributed by atoms with Crippen molar-refractivity contribution >= 4 is 34.7 Å². The van der Waals surface area contributed by atoms with Gasteiger partial charge in [-0.1, -0.05) is 0 Å². The maximum Gasteiger partial charge on any atom is 0.172 e. The quantitative estimate of drug-likeness (QED) is 0.496. The monoisotopic (exact) mass is 177 g/mol. The fourth-order valence-electron chi connectivity index (χ4n) is 0.410. The first-order valence-electron chi connectivity index (χ1n) is 2.89. The van der Waals surface area contributed by atoms with Crippen molar-refractivity contribution in [1.82, 2.24) is 10.6 Å². The Morgan fingerprint density at radius 3 is 2.20 bits per heavy atom. The third kappa shape index (κ3) is 5.71. The topological polar surface area (TPSA) is 50.1 Å². The first kappa shape index (κ1) is 9.58. The highest BCUT2D eigenvalue weighted by Crippen LogP contribution is 1.75. The van der Waals surface area contributed by atoms with E-state index in [0.717, 1.165) is 0 Å². The second-order valence-electron chi connectivity index (χ2n) is 2.12. The Morgan fingerprint density at radius 2 is 1.90 bits per heavy atom. The van der Waals surface area contributed by atoms with Crippen molar-refractivity contribution in [3.63, 3.8) is 0 Å². The van der Waals surface area contributed by atoms with Gasteiger partial charge in [-0.25, -0.2) is 0 Å². The molecule has 0 aromatic carbocycles. The second-order valence-corrected chi connectivity index (χ2v) is 2.97. The van der Waals surface area contributed by atoms with Crippen LogP contribution in [0, 0.1) is 0 Å². The van der Waals surface area contributed by atoms with Crippen LogP contribution >= 0.6 is 24.4 Å². The third-order valence-corrected chi connectivity index (χ3v) is 0.978. The Hall–Kier alpha value is -0.420. The van der Waals surface area contributed by atoms with Crippen LogP contribution in [0.1, 0.15) is 13.8 Å². The Balaban J connectivity index is 3.54. The van der Waals surface area contributed by atoms with E-state index < -0.39 is 0 Å². The SMILES string of the molecule is CC(C)NC(=S)NC(N)=S. The molecule has 0 aliphatic rings. The lowest BCUT2D eigenvalue weighted by atomic mass is 10.4. The summed E-state index contributed by atoms with van der Waals surface area (Å²) in [4.78, 5) is 0. The van der Waals surface area contributed by atoms with Crippen molar-refractivity contribution in [2.75, 3.05) is 0 Å². The minimum absolute atomic E-state index is 0.193. The van der Waals surface area contributed by atoms with Gasteiger partial charge >= 0.3 is 0 Å². The van der Waals surface area contributed by atoms with Gasteiger partial charge < -0.3 is 16.4 Å². The Bertz CT molecular complexity index is 144. The average molecular weight is 177 g/mol. The van der Waals surface area contributed by atoms with Gasteiger partial charge in [0.05, 0.1) is 0 Å². The van der Waals surface area contributed by atoms with Crippen LogP contribution in [0.3, 0.4) is 0 Å². The highest BCUT2D eigenvalue weighted by molar-refractivity contribution is 7.81. The minimum Gasteiger partial charge on any atom is -0.376 e. The van der Waals surface area contributed by atoms with Crippen molar-refractivity contribution in [3.05, 3.63) is 0 Å². The predicted molar refractivity (Wildman–Crippen MR) is 50.8 cm³/mol. The molecule has 0 aromatic rings. The summed E-state index contributed by atoms with van der Waals surface area (Å²) in [7, 11) is 0. The summed E-state index contributed by atoms with van der Waals surface area (Å²) in [5, 5.41) is 6.20. The van der Waals surface area contributed by atoms with Crippen LogP contribution in [0.5, 0.6) is 0 Å². The van der Waals surface area contributed by atoms with E-state index in [1.165, 1.54) is 0 Å². The molecule has 4 N–H and O–H groups in total. The molecule has 0 aromatic heterocycles. The van der Waals surface area contributed by atoms with Gasteiger partial charge in [0.15, 0.2) is 10.2 Å². The largest absolute Gasteiger partial charge is 0.376 e. The molecule has 10 heavy (non-hydrogen) atoms. The van der Waals surface area contributed by atoms with Crippen LogP contribution in [-0.2, 0) is 0 Å². The smallest absolute Gasteiger partial charge is 0.172 e. The zero-order valence-electron chi connectivity index (χ0n) is 5.97. The van der Waals surface area contributed by atoms with Gasteiger partial charge in [-0.05, 0) is 38.3 Å². The van der Waals surface area contributed by atoms with Gasteiger partial charge in [0, 0.05) is 6.04 Å². The van der Waals surface area contributed by atoms with Crippen LogP contribution in [0.15, 0.2) is 0 Å². The molecule has 0 saturated carbocycles. The number of nitrogens with two attached hydrogens (primary N) is 1. The first-order valence-corrected chi connectivity index (χ1v) is 3.71. The van der Waals surface area contributed by atoms with Crippen molar-refractivity contribution in [1.29, 1.82) is 0 Å². The van der Waals surface area contributed by atoms with E-state index >= 15 is 0 Å². The molecule has 0 amide bonds. The molecule has 0 radical (unpaired) electrons. The van der Waals surface area contributed by atoms with E-state index in [0.29, 0.717) is 11.2 Å². The number of thiocarbonyl (C=S) groups is 2. The highest BCUT2D eigenvalue weighted by atomic mass is 32.1. The van der Waals surface area contributed by atoms with E-state index in [-0.39, 0.29) is 5.11 Å². The number of hydrogen-bond acceptors (Lipinski definition) is 2. The summed E-state index contributed by atoms with van der Waals surface area (Å²) >= 11 is 9.38. The minimum atomic E-state index is 0.193. The van der Waals surface area contributed by atoms with Gasteiger partial charge in [-0.3, -0.25) is 0 Å². The molecular weight excluding hydrogens is 166 g/mol. The molecule has 0 unspecified atom stereocenters. The van der Waals surface area contributed by atoms with Crippen molar-refractivity contribution in [3.8, 4) is 0 Å². The predicted octanol–water partition coefficient (Wildman–Crippen LogP) is 0.103. The van der Waals surface area contributed by atoms with Crippen molar-refractivity contribution < 1.29 is 0 Å². The number of nitrogens with one attached hydrogen (secondary N) is 2. The lowest BCUT2D eigenvalue weighted by molar-refractivity contribution is 0.731. The summed E-state index contributed by atoms with van der Waals surface area (Å²) in [5.41, 5.74) is 5.16. The molecule has 3 nitrogen and oxygen atoms in total. The van der Waals surface area contributed by atoms with Gasteiger partial charge in [-0.2, -0.15) is 0 Å². The lowest BCUT2D eigenvalue weighted by Crippen LogP contribution is -2.44. The maximum absolute atomic E-state index is 5.16. The van der Waals surface area contributed by atoms with E-state index in [2.05, 4.69) is 22.9 Å². The Labute approximate surface area is 71.4 Å². The molecule has 0 spiro atoms. The molecule has 0 bridgehead atoms. The summed E-state index contributed by atoms with van der Waals surface area (Å²) < 4.78 is 0. The van der Waals surface area contributed by atoms with Crippen LogP contribution in [0.2, 0.25) is 0 Å². The first-order chi connectivity index (χ1) is 4.52. The summed E-state index contributed by atoms with van der Waals surface area (Å²) in [6.07, 6.45) is 0. The summed E-state index contributed by atoms with van der Waals surface area (Å²) in [5.74, 6) is 0. The Kier molecular flexibility index (Phi) is 4.22. The average Bonchev–Trinajstić information content (AvgIpc) is 1.58. The van der Waals surface area contributed by atoms with Crippen LogP contribution in [0.4, 0.5) is 0 Å². The van der Waals surface area contributed by atoms with Crippen LogP contribution in [-0.4, -0.2) is 16.3 Å². The van der Waals surface area contributed by atoms with Gasteiger partial charge in [0.1, 0.15) is 0 Å². The summed E-state index contributed by atoms with van der Waals surface area (Å²) in [6.45, 7) is 3.96. The van der Waals surface area contributed by atoms with E-state index in [1.807, 2.05) is 13.8 Å². The third-order valence-electron chi connectivity index (χ3n) is 0.657. The van der Waals surface area contributed by atoms with E-state index in [4.69, 9.17) is 18.0 Å². The molecule has 5 heteroatoms. The fraction of sp³-hybridized carbons (Fsp3) is 0.600. The molecule has 0 atom stereocenters. The Morgan fingerprint density at radius 1 is 1.40 bits per heavy atom.